The van der Waals surface area contributed by atoms with Crippen LogP contribution < -0.4 is 5.11 Å². The van der Waals surface area contributed by atoms with Crippen LogP contribution in [0.3, 0.4) is 0 Å². The van der Waals surface area contributed by atoms with Crippen LogP contribution >= 0.6 is 15.9 Å². The van der Waals surface area contributed by atoms with Crippen LogP contribution in [0.2, 0.25) is 0 Å². The molecule has 0 fully saturated rings. The lowest BCUT2D eigenvalue weighted by atomic mass is 10.2. The topological polar surface area (TPSA) is 66.4 Å². The van der Waals surface area contributed by atoms with Crippen molar-refractivity contribution < 1.29 is 23.9 Å². The fraction of sp³-hybridized carbons (Fsp3) is 0.800. The molecule has 0 aromatic carbocycles. The Balaban J connectivity index is 4.31. The Morgan fingerprint density at radius 1 is 1.38 bits per heavy atom. The number of likely N-dealkylation sites (N-methyl/N-ethyl adjacent to an activating group) is 1. The van der Waals surface area contributed by atoms with Crippen molar-refractivity contribution >= 4 is 27.9 Å². The van der Waals surface area contributed by atoms with Crippen LogP contribution in [0.15, 0.2) is 0 Å². The average molecular weight is 296 g/mol. The number of hydrogen-bond donors (Lipinski definition) is 0. The van der Waals surface area contributed by atoms with Crippen LogP contribution in [0.1, 0.15) is 12.8 Å². The van der Waals surface area contributed by atoms with Gasteiger partial charge in [-0.1, -0.05) is 15.9 Å². The summed E-state index contributed by atoms with van der Waals surface area (Å²) in [4.78, 5) is 21.8. The Labute approximate surface area is 104 Å². The maximum Gasteiger partial charge on any atom is 0.307 e. The molecule has 5 nitrogen and oxygen atoms in total. The van der Waals surface area contributed by atoms with E-state index >= 15 is 0 Å². The molecule has 0 spiro atoms. The van der Waals surface area contributed by atoms with E-state index in [1.54, 1.807) is 0 Å². The second-order valence-electron chi connectivity index (χ2n) is 4.60. The molecular formula is C10H18BrNO4. The number of ether oxygens (including phenoxy) is 1. The molecule has 6 heteroatoms. The van der Waals surface area contributed by atoms with Gasteiger partial charge in [-0.15, -0.1) is 0 Å². The fourth-order valence-electron chi connectivity index (χ4n) is 1.26. The highest BCUT2D eigenvalue weighted by molar-refractivity contribution is 9.09. The predicted octanol–water partition coefficient (Wildman–Crippen LogP) is -0.471. The van der Waals surface area contributed by atoms with Crippen LogP contribution in [0.5, 0.6) is 0 Å². The second kappa shape index (κ2) is 6.85. The van der Waals surface area contributed by atoms with E-state index in [1.807, 2.05) is 21.1 Å². The van der Waals surface area contributed by atoms with E-state index in [-0.39, 0.29) is 12.8 Å². The SMILES string of the molecule is C[N+](C)(C)CC(CC(=O)[O-])OC(=O)CCBr. The van der Waals surface area contributed by atoms with E-state index in [9.17, 15) is 14.7 Å². The number of quaternary nitrogens is 1. The molecule has 0 aliphatic carbocycles. The number of aliphatic carboxylic acids is 1. The minimum absolute atomic E-state index is 0.237. The minimum Gasteiger partial charge on any atom is -0.550 e. The third-order valence-electron chi connectivity index (χ3n) is 1.74. The van der Waals surface area contributed by atoms with Crippen molar-refractivity contribution in [1.82, 2.24) is 0 Å². The van der Waals surface area contributed by atoms with E-state index in [0.29, 0.717) is 16.4 Å². The summed E-state index contributed by atoms with van der Waals surface area (Å²) in [5.41, 5.74) is 0. The molecule has 0 aliphatic rings. The number of carboxylic acid groups (broad SMARTS) is 1. The Hall–Kier alpha value is -0.620. The van der Waals surface area contributed by atoms with E-state index in [1.165, 1.54) is 0 Å². The monoisotopic (exact) mass is 295 g/mol. The highest BCUT2D eigenvalue weighted by Gasteiger charge is 2.21. The smallest absolute Gasteiger partial charge is 0.307 e. The zero-order valence-corrected chi connectivity index (χ0v) is 11.4. The molecule has 0 saturated heterocycles. The first kappa shape index (κ1) is 15.4. The summed E-state index contributed by atoms with van der Waals surface area (Å²) >= 11 is 3.12. The maximum absolute atomic E-state index is 11.2. The molecule has 0 aromatic heterocycles. The molecule has 1 atom stereocenters. The lowest BCUT2D eigenvalue weighted by Crippen LogP contribution is -2.45. The normalized spacial score (nSPS) is 13.2. The van der Waals surface area contributed by atoms with Gasteiger partial charge < -0.3 is 19.1 Å². The van der Waals surface area contributed by atoms with E-state index < -0.39 is 18.0 Å². The lowest BCUT2D eigenvalue weighted by Gasteiger charge is -2.29. The highest BCUT2D eigenvalue weighted by atomic mass is 79.9. The van der Waals surface area contributed by atoms with Gasteiger partial charge in [0.05, 0.1) is 27.6 Å². The van der Waals surface area contributed by atoms with Gasteiger partial charge in [-0.05, 0) is 0 Å². The first-order chi connectivity index (χ1) is 7.24. The standard InChI is InChI=1S/C10H18BrNO4/c1-12(2,3)7-8(6-9(13)14)16-10(15)4-5-11/h8H,4-7H2,1-3H3. The molecule has 0 rings (SSSR count). The summed E-state index contributed by atoms with van der Waals surface area (Å²) in [7, 11) is 5.71. The van der Waals surface area contributed by atoms with Gasteiger partial charge in [0.25, 0.3) is 0 Å². The number of carbonyl (C=O) groups excluding carboxylic acids is 2. The number of nitrogens with zero attached hydrogens (tertiary/aromatic N) is 1. The number of alkyl halides is 1. The Morgan fingerprint density at radius 2 is 1.94 bits per heavy atom. The quantitative estimate of drug-likeness (QED) is 0.362. The molecule has 0 radical (unpaired) electrons. The summed E-state index contributed by atoms with van der Waals surface area (Å²) in [6.45, 7) is 0.446. The van der Waals surface area contributed by atoms with Gasteiger partial charge in [-0.25, -0.2) is 0 Å². The van der Waals surface area contributed by atoms with Gasteiger partial charge in [0.1, 0.15) is 6.54 Å². The van der Waals surface area contributed by atoms with Gasteiger partial charge in [0.2, 0.25) is 0 Å². The first-order valence-corrected chi connectivity index (χ1v) is 6.12. The Kier molecular flexibility index (Phi) is 6.59. The lowest BCUT2D eigenvalue weighted by molar-refractivity contribution is -0.873. The van der Waals surface area contributed by atoms with Crippen LogP contribution in [0.4, 0.5) is 0 Å². The molecule has 0 saturated carbocycles. The molecule has 0 heterocycles. The van der Waals surface area contributed by atoms with Crippen LogP contribution in [-0.2, 0) is 14.3 Å². The van der Waals surface area contributed by atoms with Gasteiger partial charge in [0.15, 0.2) is 6.10 Å². The first-order valence-electron chi connectivity index (χ1n) is 5.00. The minimum atomic E-state index is -1.20. The Bertz CT molecular complexity index is 250. The Morgan fingerprint density at radius 3 is 2.31 bits per heavy atom. The molecule has 1 unspecified atom stereocenters. The van der Waals surface area contributed by atoms with Gasteiger partial charge >= 0.3 is 5.97 Å². The van der Waals surface area contributed by atoms with Crippen molar-refractivity contribution in [2.45, 2.75) is 18.9 Å². The van der Waals surface area contributed by atoms with Crippen molar-refractivity contribution in [3.63, 3.8) is 0 Å². The number of rotatable bonds is 7. The van der Waals surface area contributed by atoms with E-state index in [4.69, 9.17) is 4.74 Å². The number of halogens is 1. The maximum atomic E-state index is 11.2. The summed E-state index contributed by atoms with van der Waals surface area (Å²) in [5, 5.41) is 11.0. The zero-order chi connectivity index (χ0) is 12.8. The average Bonchev–Trinajstić information content (AvgIpc) is 1.98. The molecule has 0 aromatic rings. The molecule has 94 valence electrons. The van der Waals surface area contributed by atoms with Crippen LogP contribution in [0, 0.1) is 0 Å². The summed E-state index contributed by atoms with van der Waals surface area (Å²) in [6, 6.07) is 0. The van der Waals surface area contributed by atoms with Crippen LogP contribution in [-0.4, -0.2) is 55.5 Å². The predicted molar refractivity (Wildman–Crippen MR) is 60.8 cm³/mol. The molecule has 16 heavy (non-hydrogen) atoms. The zero-order valence-electron chi connectivity index (χ0n) is 9.86. The molecule has 0 amide bonds. The van der Waals surface area contributed by atoms with Gasteiger partial charge in [-0.2, -0.15) is 0 Å². The third kappa shape index (κ3) is 8.67. The van der Waals surface area contributed by atoms with Crippen molar-refractivity contribution in [3.05, 3.63) is 0 Å². The summed E-state index contributed by atoms with van der Waals surface area (Å²) < 4.78 is 5.60. The summed E-state index contributed by atoms with van der Waals surface area (Å²) in [6.07, 6.45) is -0.652. The van der Waals surface area contributed by atoms with Gasteiger partial charge in [-0.3, -0.25) is 4.79 Å². The number of carbonyl (C=O) groups is 2. The van der Waals surface area contributed by atoms with Gasteiger partial charge in [0, 0.05) is 17.7 Å². The van der Waals surface area contributed by atoms with Crippen molar-refractivity contribution in [1.29, 1.82) is 0 Å². The van der Waals surface area contributed by atoms with Crippen molar-refractivity contribution in [3.8, 4) is 0 Å². The van der Waals surface area contributed by atoms with E-state index in [2.05, 4.69) is 15.9 Å². The third-order valence-corrected chi connectivity index (χ3v) is 2.14. The molecule has 0 aliphatic heterocycles. The van der Waals surface area contributed by atoms with Crippen molar-refractivity contribution in [2.75, 3.05) is 33.0 Å². The van der Waals surface area contributed by atoms with Crippen molar-refractivity contribution in [2.24, 2.45) is 0 Å². The molecule has 0 bridgehead atoms. The summed E-state index contributed by atoms with van der Waals surface area (Å²) in [5.74, 6) is -1.60. The van der Waals surface area contributed by atoms with Crippen LogP contribution in [0.25, 0.3) is 0 Å². The number of hydrogen-bond acceptors (Lipinski definition) is 4. The molecule has 0 N–H and O–H groups in total. The molecular weight excluding hydrogens is 278 g/mol. The second-order valence-corrected chi connectivity index (χ2v) is 5.39. The fourth-order valence-corrected chi connectivity index (χ4v) is 1.59. The number of carboxylic acids is 1. The highest BCUT2D eigenvalue weighted by Crippen LogP contribution is 2.06. The largest absolute Gasteiger partial charge is 0.550 e. The van der Waals surface area contributed by atoms with E-state index in [0.717, 1.165) is 0 Å². The number of esters is 1.